The quantitative estimate of drug-likeness (QED) is 0.0261. The van der Waals surface area contributed by atoms with Crippen molar-refractivity contribution in [3.63, 3.8) is 0 Å². The maximum Gasteiger partial charge on any atom is 0.306 e. The van der Waals surface area contributed by atoms with Crippen LogP contribution >= 0.6 is 0 Å². The fourth-order valence-electron chi connectivity index (χ4n) is 7.57. The molecule has 6 heteroatoms. The number of carbonyl (C=O) groups is 3. The van der Waals surface area contributed by atoms with Gasteiger partial charge in [0.15, 0.2) is 6.10 Å². The molecule has 0 aliphatic carbocycles. The average Bonchev–Trinajstić information content (AvgIpc) is 3.40. The number of unbranched alkanes of at least 4 members (excludes halogenated alkanes) is 17. The van der Waals surface area contributed by atoms with Crippen molar-refractivity contribution in [2.75, 3.05) is 13.2 Å². The van der Waals surface area contributed by atoms with Gasteiger partial charge >= 0.3 is 17.9 Å². The Hall–Kier alpha value is -4.71. The van der Waals surface area contributed by atoms with E-state index in [-0.39, 0.29) is 31.1 Å². The second-order valence-corrected chi connectivity index (χ2v) is 19.2. The molecule has 0 amide bonds. The molecule has 416 valence electrons. The number of hydrogen-bond donors (Lipinski definition) is 0. The Labute approximate surface area is 455 Å². The largest absolute Gasteiger partial charge is 0.462 e. The van der Waals surface area contributed by atoms with Gasteiger partial charge in [-0.1, -0.05) is 237 Å². The van der Waals surface area contributed by atoms with Crippen LogP contribution in [0.1, 0.15) is 245 Å². The monoisotopic (exact) mass is 1020 g/mol. The minimum Gasteiger partial charge on any atom is -0.462 e. The zero-order valence-electron chi connectivity index (χ0n) is 47.5. The first-order valence-corrected chi connectivity index (χ1v) is 29.8. The van der Waals surface area contributed by atoms with Crippen molar-refractivity contribution in [3.8, 4) is 0 Å². The van der Waals surface area contributed by atoms with Gasteiger partial charge in [-0.25, -0.2) is 0 Å². The fraction of sp³-hybridized carbons (Fsp3) is 0.603. The predicted molar refractivity (Wildman–Crippen MR) is 320 cm³/mol. The first kappa shape index (κ1) is 69.3. The maximum absolute atomic E-state index is 12.8. The molecular weight excluding hydrogens is 913 g/mol. The van der Waals surface area contributed by atoms with Gasteiger partial charge in [0, 0.05) is 19.3 Å². The molecule has 0 aliphatic heterocycles. The Balaban J connectivity index is 4.40. The molecule has 0 aromatic rings. The van der Waals surface area contributed by atoms with Crippen LogP contribution in [0.15, 0.2) is 146 Å². The zero-order chi connectivity index (χ0) is 53.6. The molecular formula is C68H108O6. The standard InChI is InChI=1S/C68H108O6/c1-4-7-10-13-16-19-22-25-27-28-29-30-31-32-33-34-35-36-37-38-39-40-41-44-46-49-52-55-58-61-67(70)73-64-65(63-72-66(69)60-57-54-51-48-45-42-24-21-18-15-12-9-6-3)74-68(71)62-59-56-53-50-47-43-26-23-20-17-14-11-8-5-2/h7,10,12,14-17,19,21,23-27,29-30,32-33,35-36,38-39,41,44,65H,4-6,8-9,11,13,18,20,22,28,31,34,37,40,42-43,45-64H2,1-3H3/b10-7-,15-12-,17-14-,19-16-,24-21-,26-23-,27-25-,30-29-,33-32-,36-35-,39-38-,44-41-. The van der Waals surface area contributed by atoms with Gasteiger partial charge in [-0.15, -0.1) is 0 Å². The molecule has 0 fully saturated rings. The Kier molecular flexibility index (Phi) is 57.0. The van der Waals surface area contributed by atoms with E-state index in [2.05, 4.69) is 167 Å². The van der Waals surface area contributed by atoms with E-state index < -0.39 is 6.10 Å². The third kappa shape index (κ3) is 58.2. The molecule has 0 aromatic carbocycles. The number of carbonyl (C=O) groups excluding carboxylic acids is 3. The summed E-state index contributed by atoms with van der Waals surface area (Å²) in [7, 11) is 0. The highest BCUT2D eigenvalue weighted by Crippen LogP contribution is 2.13. The summed E-state index contributed by atoms with van der Waals surface area (Å²) in [5.74, 6) is -0.964. The van der Waals surface area contributed by atoms with Crippen molar-refractivity contribution >= 4 is 17.9 Å². The van der Waals surface area contributed by atoms with Crippen LogP contribution < -0.4 is 0 Å². The van der Waals surface area contributed by atoms with E-state index in [9.17, 15) is 14.4 Å². The molecule has 0 spiro atoms. The fourth-order valence-corrected chi connectivity index (χ4v) is 7.57. The van der Waals surface area contributed by atoms with Gasteiger partial charge in [-0.05, 0) is 135 Å². The molecule has 0 rings (SSSR count). The third-order valence-corrected chi connectivity index (χ3v) is 12.0. The molecule has 0 saturated carbocycles. The lowest BCUT2D eigenvalue weighted by Gasteiger charge is -2.18. The molecule has 74 heavy (non-hydrogen) atoms. The van der Waals surface area contributed by atoms with Crippen molar-refractivity contribution in [1.82, 2.24) is 0 Å². The average molecular weight is 1020 g/mol. The van der Waals surface area contributed by atoms with Crippen molar-refractivity contribution in [1.29, 1.82) is 0 Å². The van der Waals surface area contributed by atoms with Crippen LogP contribution in [0.25, 0.3) is 0 Å². The summed E-state index contributed by atoms with van der Waals surface area (Å²) >= 11 is 0. The van der Waals surface area contributed by atoms with E-state index in [1.165, 1.54) is 25.7 Å². The molecule has 1 unspecified atom stereocenters. The van der Waals surface area contributed by atoms with Crippen LogP contribution in [0.4, 0.5) is 0 Å². The van der Waals surface area contributed by atoms with E-state index in [1.54, 1.807) is 0 Å². The predicted octanol–water partition coefficient (Wildman–Crippen LogP) is 20.4. The summed E-state index contributed by atoms with van der Waals surface area (Å²) in [4.78, 5) is 38.1. The molecule has 0 radical (unpaired) electrons. The number of allylic oxidation sites excluding steroid dienone is 24. The highest BCUT2D eigenvalue weighted by molar-refractivity contribution is 5.71. The molecule has 0 aromatic heterocycles. The smallest absolute Gasteiger partial charge is 0.306 e. The second-order valence-electron chi connectivity index (χ2n) is 19.2. The first-order valence-electron chi connectivity index (χ1n) is 29.8. The number of esters is 3. The lowest BCUT2D eigenvalue weighted by molar-refractivity contribution is -0.167. The lowest BCUT2D eigenvalue weighted by Crippen LogP contribution is -2.30. The van der Waals surface area contributed by atoms with Crippen LogP contribution in [0, 0.1) is 0 Å². The summed E-state index contributed by atoms with van der Waals surface area (Å²) in [5, 5.41) is 0. The normalized spacial score (nSPS) is 13.2. The lowest BCUT2D eigenvalue weighted by atomic mass is 10.1. The van der Waals surface area contributed by atoms with Gasteiger partial charge in [-0.2, -0.15) is 0 Å². The van der Waals surface area contributed by atoms with E-state index in [4.69, 9.17) is 14.2 Å². The SMILES string of the molecule is CC/C=C\C/C=C\C/C=C\C/C=C\C/C=C\C/C=C\C/C=C\C/C=C\CCCCCCC(=O)OCC(COC(=O)CCCCCCC/C=C\C/C=C\CCC)OC(=O)CCCCCCC/C=C\C/C=C\CCCC. The molecule has 1 atom stereocenters. The van der Waals surface area contributed by atoms with E-state index in [1.807, 2.05) is 0 Å². The van der Waals surface area contributed by atoms with Gasteiger partial charge in [0.2, 0.25) is 0 Å². The summed E-state index contributed by atoms with van der Waals surface area (Å²) in [6.07, 6.45) is 87.0. The van der Waals surface area contributed by atoms with Gasteiger partial charge in [0.05, 0.1) is 0 Å². The van der Waals surface area contributed by atoms with Crippen LogP contribution in [0.3, 0.4) is 0 Å². The van der Waals surface area contributed by atoms with Gasteiger partial charge in [-0.3, -0.25) is 14.4 Å². The summed E-state index contributed by atoms with van der Waals surface area (Å²) in [5.41, 5.74) is 0. The summed E-state index contributed by atoms with van der Waals surface area (Å²) in [6.45, 7) is 6.36. The van der Waals surface area contributed by atoms with Crippen molar-refractivity contribution in [2.45, 2.75) is 252 Å². The van der Waals surface area contributed by atoms with Crippen LogP contribution in [-0.4, -0.2) is 37.2 Å². The van der Waals surface area contributed by atoms with Crippen LogP contribution in [0.2, 0.25) is 0 Å². The number of ether oxygens (including phenoxy) is 3. The van der Waals surface area contributed by atoms with Crippen molar-refractivity contribution < 1.29 is 28.6 Å². The third-order valence-electron chi connectivity index (χ3n) is 12.0. The summed E-state index contributed by atoms with van der Waals surface area (Å²) in [6, 6.07) is 0. The minimum atomic E-state index is -0.808. The topological polar surface area (TPSA) is 78.9 Å². The van der Waals surface area contributed by atoms with Gasteiger partial charge in [0.25, 0.3) is 0 Å². The highest BCUT2D eigenvalue weighted by atomic mass is 16.6. The molecule has 0 aliphatic rings. The number of rotatable bonds is 52. The maximum atomic E-state index is 12.8. The Bertz CT molecular complexity index is 1640. The molecule has 0 bridgehead atoms. The van der Waals surface area contributed by atoms with Crippen LogP contribution in [-0.2, 0) is 28.6 Å². The molecule has 6 nitrogen and oxygen atoms in total. The molecule has 0 N–H and O–H groups in total. The zero-order valence-corrected chi connectivity index (χ0v) is 47.5. The second kappa shape index (κ2) is 60.8. The van der Waals surface area contributed by atoms with Crippen LogP contribution in [0.5, 0.6) is 0 Å². The Morgan fingerprint density at radius 1 is 0.284 bits per heavy atom. The van der Waals surface area contributed by atoms with Crippen molar-refractivity contribution in [3.05, 3.63) is 146 Å². The highest BCUT2D eigenvalue weighted by Gasteiger charge is 2.19. The Morgan fingerprint density at radius 3 is 0.878 bits per heavy atom. The molecule has 0 saturated heterocycles. The van der Waals surface area contributed by atoms with Gasteiger partial charge in [0.1, 0.15) is 13.2 Å². The van der Waals surface area contributed by atoms with Gasteiger partial charge < -0.3 is 14.2 Å². The number of hydrogen-bond acceptors (Lipinski definition) is 6. The Morgan fingerprint density at radius 2 is 0.554 bits per heavy atom. The minimum absolute atomic E-state index is 0.105. The van der Waals surface area contributed by atoms with Crippen molar-refractivity contribution in [2.24, 2.45) is 0 Å². The molecule has 0 heterocycles. The van der Waals surface area contributed by atoms with E-state index in [0.29, 0.717) is 19.3 Å². The van der Waals surface area contributed by atoms with E-state index in [0.717, 1.165) is 180 Å². The summed E-state index contributed by atoms with van der Waals surface area (Å²) < 4.78 is 16.8. The first-order chi connectivity index (χ1) is 36.5. The van der Waals surface area contributed by atoms with E-state index >= 15 is 0 Å².